The normalized spacial score (nSPS) is 20.5. The first-order chi connectivity index (χ1) is 12.3. The van der Waals surface area contributed by atoms with Crippen molar-refractivity contribution in [2.75, 3.05) is 13.1 Å². The highest BCUT2D eigenvalue weighted by molar-refractivity contribution is 7.89. The minimum atomic E-state index is -4.01. The maximum absolute atomic E-state index is 13.9. The molecule has 0 unspecified atom stereocenters. The van der Waals surface area contributed by atoms with E-state index < -0.39 is 34.2 Å². The molecule has 10 heteroatoms. The molecule has 0 radical (unpaired) electrons. The topological polar surface area (TPSA) is 72.6 Å². The summed E-state index contributed by atoms with van der Waals surface area (Å²) in [6.07, 6.45) is 0. The first-order valence-electron chi connectivity index (χ1n) is 7.84. The van der Waals surface area contributed by atoms with Crippen LogP contribution in [0.25, 0.3) is 0 Å². The van der Waals surface area contributed by atoms with Crippen molar-refractivity contribution in [1.29, 1.82) is 0 Å². The molecule has 2 atom stereocenters. The zero-order valence-electron chi connectivity index (χ0n) is 14.0. The van der Waals surface area contributed by atoms with Gasteiger partial charge in [-0.2, -0.15) is 13.1 Å². The molecule has 1 saturated heterocycles. The molecule has 0 saturated carbocycles. The summed E-state index contributed by atoms with van der Waals surface area (Å²) in [4.78, 5) is -0.336. The van der Waals surface area contributed by atoms with Crippen LogP contribution < -0.4 is 10.5 Å². The van der Waals surface area contributed by atoms with Gasteiger partial charge in [-0.05, 0) is 23.8 Å². The second-order valence-corrected chi connectivity index (χ2v) is 7.91. The maximum atomic E-state index is 13.9. The van der Waals surface area contributed by atoms with Crippen molar-refractivity contribution < 1.29 is 26.3 Å². The van der Waals surface area contributed by atoms with Gasteiger partial charge in [0.15, 0.2) is 11.6 Å². The Kier molecular flexibility index (Phi) is 6.74. The molecule has 1 aliphatic rings. The Hall–Kier alpha value is -1.81. The standard InChI is InChI=1S/C17H17F3N2O3S.ClH/c18-14-8-12(6-7-16(14)25-17(19)20)26(23,24)22-9-13(15(21)10-22)11-4-2-1-3-5-11;/h1-8,13,15,17H,9-10,21H2;1H/t13-,15+;/m0./s1. The Morgan fingerprint density at radius 3 is 2.37 bits per heavy atom. The van der Waals surface area contributed by atoms with E-state index in [9.17, 15) is 21.6 Å². The van der Waals surface area contributed by atoms with Crippen LogP contribution in [0, 0.1) is 5.82 Å². The first-order valence-corrected chi connectivity index (χ1v) is 9.28. The number of benzene rings is 2. The van der Waals surface area contributed by atoms with E-state index >= 15 is 0 Å². The first kappa shape index (κ1) is 21.5. The van der Waals surface area contributed by atoms with Gasteiger partial charge in [-0.3, -0.25) is 0 Å². The van der Waals surface area contributed by atoms with Crippen molar-refractivity contribution in [1.82, 2.24) is 4.31 Å². The fourth-order valence-electron chi connectivity index (χ4n) is 3.02. The molecule has 5 nitrogen and oxygen atoms in total. The summed E-state index contributed by atoms with van der Waals surface area (Å²) in [5.74, 6) is -2.06. The summed E-state index contributed by atoms with van der Waals surface area (Å²) in [6, 6.07) is 11.5. The summed E-state index contributed by atoms with van der Waals surface area (Å²) in [6.45, 7) is -2.96. The molecule has 2 N–H and O–H groups in total. The van der Waals surface area contributed by atoms with E-state index in [0.29, 0.717) is 6.07 Å². The molecule has 0 aliphatic carbocycles. The molecule has 2 aromatic rings. The molecule has 27 heavy (non-hydrogen) atoms. The van der Waals surface area contributed by atoms with Crippen LogP contribution in [-0.2, 0) is 10.0 Å². The Labute approximate surface area is 161 Å². The van der Waals surface area contributed by atoms with E-state index in [1.807, 2.05) is 30.3 Å². The number of hydrogen-bond donors (Lipinski definition) is 1. The molecule has 0 spiro atoms. The van der Waals surface area contributed by atoms with Crippen molar-refractivity contribution in [3.63, 3.8) is 0 Å². The molecular weight excluding hydrogens is 405 g/mol. The Balaban J connectivity index is 0.00000261. The van der Waals surface area contributed by atoms with Gasteiger partial charge in [0.2, 0.25) is 10.0 Å². The second-order valence-electron chi connectivity index (χ2n) is 5.97. The van der Waals surface area contributed by atoms with Crippen LogP contribution in [0.4, 0.5) is 13.2 Å². The van der Waals surface area contributed by atoms with Gasteiger partial charge in [0.1, 0.15) is 0 Å². The van der Waals surface area contributed by atoms with E-state index in [1.165, 1.54) is 4.31 Å². The average Bonchev–Trinajstić information content (AvgIpc) is 2.99. The molecule has 1 fully saturated rings. The minimum Gasteiger partial charge on any atom is -0.432 e. The molecular formula is C17H18ClF3N2O3S. The van der Waals surface area contributed by atoms with Gasteiger partial charge < -0.3 is 10.5 Å². The number of ether oxygens (including phenoxy) is 1. The summed E-state index contributed by atoms with van der Waals surface area (Å²) in [7, 11) is -4.01. The molecule has 0 bridgehead atoms. The molecule has 1 heterocycles. The number of alkyl halides is 2. The lowest BCUT2D eigenvalue weighted by molar-refractivity contribution is -0.0522. The van der Waals surface area contributed by atoms with Crippen LogP contribution in [0.1, 0.15) is 11.5 Å². The molecule has 0 aromatic heterocycles. The van der Waals surface area contributed by atoms with Gasteiger partial charge in [-0.25, -0.2) is 12.8 Å². The number of nitrogens with zero attached hydrogens (tertiary/aromatic N) is 1. The van der Waals surface area contributed by atoms with Gasteiger partial charge in [-0.1, -0.05) is 30.3 Å². The highest BCUT2D eigenvalue weighted by Crippen LogP contribution is 2.31. The van der Waals surface area contributed by atoms with Crippen LogP contribution in [-0.4, -0.2) is 38.5 Å². The number of nitrogens with two attached hydrogens (primary N) is 1. The summed E-state index contributed by atoms with van der Waals surface area (Å²) < 4.78 is 69.0. The van der Waals surface area contributed by atoms with Crippen molar-refractivity contribution in [3.05, 3.63) is 59.9 Å². The largest absolute Gasteiger partial charge is 0.432 e. The van der Waals surface area contributed by atoms with Crippen molar-refractivity contribution in [2.45, 2.75) is 23.5 Å². The van der Waals surface area contributed by atoms with E-state index in [4.69, 9.17) is 5.73 Å². The zero-order valence-corrected chi connectivity index (χ0v) is 15.6. The average molecular weight is 423 g/mol. The van der Waals surface area contributed by atoms with E-state index in [0.717, 1.165) is 17.7 Å². The molecule has 3 rings (SSSR count). The quantitative estimate of drug-likeness (QED) is 0.804. The lowest BCUT2D eigenvalue weighted by Gasteiger charge is -2.17. The zero-order chi connectivity index (χ0) is 18.9. The highest BCUT2D eigenvalue weighted by atomic mass is 35.5. The van der Waals surface area contributed by atoms with Gasteiger partial charge in [0, 0.05) is 25.0 Å². The van der Waals surface area contributed by atoms with Crippen LogP contribution in [0.5, 0.6) is 5.75 Å². The lowest BCUT2D eigenvalue weighted by atomic mass is 9.95. The van der Waals surface area contributed by atoms with Gasteiger partial charge >= 0.3 is 6.61 Å². The molecule has 2 aromatic carbocycles. The van der Waals surface area contributed by atoms with Gasteiger partial charge in [0.25, 0.3) is 0 Å². The highest BCUT2D eigenvalue weighted by Gasteiger charge is 2.38. The lowest BCUT2D eigenvalue weighted by Crippen LogP contribution is -2.32. The van der Waals surface area contributed by atoms with Crippen LogP contribution in [0.15, 0.2) is 53.4 Å². The monoisotopic (exact) mass is 422 g/mol. The summed E-state index contributed by atoms with van der Waals surface area (Å²) in [5, 5.41) is 0. The molecule has 0 amide bonds. The van der Waals surface area contributed by atoms with Crippen LogP contribution >= 0.6 is 12.4 Å². The fourth-order valence-corrected chi connectivity index (χ4v) is 4.54. The molecule has 1 aliphatic heterocycles. The van der Waals surface area contributed by atoms with Crippen LogP contribution in [0.2, 0.25) is 0 Å². The van der Waals surface area contributed by atoms with Crippen LogP contribution in [0.3, 0.4) is 0 Å². The van der Waals surface area contributed by atoms with Gasteiger partial charge in [0.05, 0.1) is 4.90 Å². The summed E-state index contributed by atoms with van der Waals surface area (Å²) >= 11 is 0. The Bertz CT molecular complexity index is 884. The smallest absolute Gasteiger partial charge is 0.387 e. The number of rotatable bonds is 5. The number of hydrogen-bond acceptors (Lipinski definition) is 4. The Morgan fingerprint density at radius 1 is 1.11 bits per heavy atom. The van der Waals surface area contributed by atoms with Crippen molar-refractivity contribution in [3.8, 4) is 5.75 Å². The fraction of sp³-hybridized carbons (Fsp3) is 0.294. The molecule has 148 valence electrons. The maximum Gasteiger partial charge on any atom is 0.387 e. The predicted octanol–water partition coefficient (Wildman–Crippen LogP) is 2.96. The predicted molar refractivity (Wildman–Crippen MR) is 96.2 cm³/mol. The number of sulfonamides is 1. The van der Waals surface area contributed by atoms with Crippen molar-refractivity contribution >= 4 is 22.4 Å². The second kappa shape index (κ2) is 8.47. The van der Waals surface area contributed by atoms with E-state index in [1.54, 1.807) is 0 Å². The SMILES string of the molecule is Cl.N[C@@H]1CN(S(=O)(=O)c2ccc(OC(F)F)c(F)c2)C[C@H]1c1ccccc1. The van der Waals surface area contributed by atoms with E-state index in [2.05, 4.69) is 4.74 Å². The minimum absolute atomic E-state index is 0. The summed E-state index contributed by atoms with van der Waals surface area (Å²) in [5.41, 5.74) is 7.02. The number of halogens is 4. The van der Waals surface area contributed by atoms with Crippen molar-refractivity contribution in [2.24, 2.45) is 5.73 Å². The third-order valence-electron chi connectivity index (χ3n) is 4.32. The third-order valence-corrected chi connectivity index (χ3v) is 6.14. The Morgan fingerprint density at radius 2 is 1.78 bits per heavy atom. The van der Waals surface area contributed by atoms with Gasteiger partial charge in [-0.15, -0.1) is 12.4 Å². The van der Waals surface area contributed by atoms with E-state index in [-0.39, 0.29) is 36.3 Å². The third kappa shape index (κ3) is 4.55.